The van der Waals surface area contributed by atoms with Gasteiger partial charge in [0, 0.05) is 37.0 Å². The Balaban J connectivity index is 1.46. The van der Waals surface area contributed by atoms with E-state index in [1.807, 2.05) is 89.2 Å². The van der Waals surface area contributed by atoms with Crippen molar-refractivity contribution in [3.05, 3.63) is 101 Å². The van der Waals surface area contributed by atoms with Crippen LogP contribution in [0.5, 0.6) is 5.75 Å². The molecule has 0 bridgehead atoms. The van der Waals surface area contributed by atoms with Gasteiger partial charge < -0.3 is 19.5 Å². The first-order valence-corrected chi connectivity index (χ1v) is 11.9. The van der Waals surface area contributed by atoms with E-state index in [1.165, 1.54) is 5.56 Å². The molecule has 178 valence electrons. The van der Waals surface area contributed by atoms with Crippen molar-refractivity contribution in [2.75, 3.05) is 13.7 Å². The molecule has 0 atom stereocenters. The Kier molecular flexibility index (Phi) is 6.27. The van der Waals surface area contributed by atoms with Crippen molar-refractivity contribution in [1.29, 1.82) is 0 Å². The number of hydrogen-bond acceptors (Lipinski definition) is 3. The number of carbonyl (C=O) groups excluding carboxylic acids is 2. The maximum Gasteiger partial charge on any atom is 0.271 e. The highest BCUT2D eigenvalue weighted by atomic mass is 16.5. The van der Waals surface area contributed by atoms with Crippen LogP contribution >= 0.6 is 0 Å². The molecule has 6 nitrogen and oxygen atoms in total. The Morgan fingerprint density at radius 2 is 1.60 bits per heavy atom. The normalized spacial score (nSPS) is 13.4. The van der Waals surface area contributed by atoms with Gasteiger partial charge >= 0.3 is 0 Å². The summed E-state index contributed by atoms with van der Waals surface area (Å²) in [5.74, 6) is 0.577. The summed E-state index contributed by atoms with van der Waals surface area (Å²) in [6, 6.07) is 23.6. The largest absolute Gasteiger partial charge is 0.497 e. The maximum absolute atomic E-state index is 13.8. The number of amides is 2. The summed E-state index contributed by atoms with van der Waals surface area (Å²) in [6.45, 7) is 4.23. The molecule has 35 heavy (non-hydrogen) atoms. The molecule has 0 spiro atoms. The van der Waals surface area contributed by atoms with Gasteiger partial charge in [0.1, 0.15) is 17.1 Å². The van der Waals surface area contributed by atoms with Gasteiger partial charge in [0.15, 0.2) is 0 Å². The summed E-state index contributed by atoms with van der Waals surface area (Å²) in [5, 5.41) is 4.69. The van der Waals surface area contributed by atoms with Crippen LogP contribution in [0.15, 0.2) is 72.8 Å². The number of methoxy groups -OCH3 is 1. The van der Waals surface area contributed by atoms with Gasteiger partial charge in [-0.05, 0) is 36.6 Å². The lowest BCUT2D eigenvalue weighted by Crippen LogP contribution is -2.31. The summed E-state index contributed by atoms with van der Waals surface area (Å²) in [7, 11) is 1.64. The number of ether oxygens (including phenoxy) is 1. The molecule has 0 aliphatic carbocycles. The third kappa shape index (κ3) is 4.52. The number of aryl methyl sites for hydroxylation is 1. The van der Waals surface area contributed by atoms with Crippen molar-refractivity contribution < 1.29 is 14.3 Å². The highest BCUT2D eigenvalue weighted by Crippen LogP contribution is 2.30. The Bertz CT molecular complexity index is 1370. The molecule has 4 aromatic rings. The first kappa shape index (κ1) is 22.7. The molecule has 2 heterocycles. The molecule has 1 aliphatic rings. The number of nitrogens with zero attached hydrogens (tertiary/aromatic N) is 2. The molecule has 0 fully saturated rings. The Morgan fingerprint density at radius 3 is 2.31 bits per heavy atom. The summed E-state index contributed by atoms with van der Waals surface area (Å²) in [4.78, 5) is 29.1. The second-order valence-electron chi connectivity index (χ2n) is 8.99. The molecule has 0 saturated heterocycles. The van der Waals surface area contributed by atoms with Crippen molar-refractivity contribution >= 4 is 22.6 Å². The fourth-order valence-corrected chi connectivity index (χ4v) is 4.74. The van der Waals surface area contributed by atoms with E-state index in [0.717, 1.165) is 34.1 Å². The van der Waals surface area contributed by atoms with Crippen molar-refractivity contribution in [3.63, 3.8) is 0 Å². The Morgan fingerprint density at radius 1 is 0.914 bits per heavy atom. The number of rotatable bonds is 6. The Hall–Kier alpha value is -4.06. The van der Waals surface area contributed by atoms with Gasteiger partial charge in [0.2, 0.25) is 0 Å². The molecule has 3 aromatic carbocycles. The van der Waals surface area contributed by atoms with E-state index in [1.54, 1.807) is 7.11 Å². The predicted octanol–water partition coefficient (Wildman–Crippen LogP) is 4.93. The fraction of sp³-hybridized carbons (Fsp3) is 0.241. The second kappa shape index (κ2) is 9.66. The van der Waals surface area contributed by atoms with Crippen molar-refractivity contribution in [2.45, 2.75) is 33.0 Å². The fourth-order valence-electron chi connectivity index (χ4n) is 4.74. The lowest BCUT2D eigenvalue weighted by molar-refractivity contribution is 0.0748. The molecule has 1 N–H and O–H groups in total. The van der Waals surface area contributed by atoms with Crippen LogP contribution in [-0.4, -0.2) is 34.9 Å². The van der Waals surface area contributed by atoms with E-state index < -0.39 is 0 Å². The average molecular weight is 468 g/mol. The average Bonchev–Trinajstić information content (AvgIpc) is 3.13. The molecular formula is C29H29N3O3. The zero-order valence-corrected chi connectivity index (χ0v) is 20.1. The summed E-state index contributed by atoms with van der Waals surface area (Å²) >= 11 is 0. The number of carbonyl (C=O) groups is 2. The van der Waals surface area contributed by atoms with Crippen LogP contribution in [0.25, 0.3) is 10.8 Å². The van der Waals surface area contributed by atoms with Gasteiger partial charge in [-0.3, -0.25) is 9.59 Å². The first-order chi connectivity index (χ1) is 17.0. The molecule has 1 aliphatic heterocycles. The van der Waals surface area contributed by atoms with E-state index in [9.17, 15) is 9.59 Å². The van der Waals surface area contributed by atoms with E-state index >= 15 is 0 Å². The Labute approximate surface area is 205 Å². The van der Waals surface area contributed by atoms with Crippen LogP contribution in [0.3, 0.4) is 0 Å². The van der Waals surface area contributed by atoms with Gasteiger partial charge in [-0.2, -0.15) is 0 Å². The minimum atomic E-state index is -0.163. The third-order valence-corrected chi connectivity index (χ3v) is 6.60. The first-order valence-electron chi connectivity index (χ1n) is 11.9. The number of aromatic nitrogens is 1. The topological polar surface area (TPSA) is 63.6 Å². The number of nitrogens with one attached hydrogen (secondary N) is 1. The highest BCUT2D eigenvalue weighted by molar-refractivity contribution is 6.14. The van der Waals surface area contributed by atoms with Crippen LogP contribution in [0.1, 0.15) is 44.1 Å². The minimum absolute atomic E-state index is 0.0490. The standard InChI is InChI=1S/C29H29N3O3/c1-20-8-10-21(11-9-20)18-30-28(33)26-24-6-3-4-7-25(24)27-29(34)31(16-5-17-32(26)27)19-22-12-14-23(35-2)15-13-22/h3-4,6-15H,5,16-19H2,1-2H3,(H,30,33). The van der Waals surface area contributed by atoms with Crippen LogP contribution in [0.2, 0.25) is 0 Å². The summed E-state index contributed by atoms with van der Waals surface area (Å²) in [6.07, 6.45) is 0.772. The van der Waals surface area contributed by atoms with E-state index in [2.05, 4.69) is 5.32 Å². The quantitative estimate of drug-likeness (QED) is 0.437. The molecule has 0 radical (unpaired) electrons. The van der Waals surface area contributed by atoms with E-state index in [4.69, 9.17) is 4.74 Å². The molecule has 0 saturated carbocycles. The van der Waals surface area contributed by atoms with Crippen LogP contribution in [0.4, 0.5) is 0 Å². The second-order valence-corrected chi connectivity index (χ2v) is 8.99. The van der Waals surface area contributed by atoms with E-state index in [0.29, 0.717) is 37.6 Å². The summed E-state index contributed by atoms with van der Waals surface area (Å²) < 4.78 is 7.17. The third-order valence-electron chi connectivity index (χ3n) is 6.60. The van der Waals surface area contributed by atoms with Gasteiger partial charge in [-0.15, -0.1) is 0 Å². The van der Waals surface area contributed by atoms with Gasteiger partial charge in [-0.1, -0.05) is 66.2 Å². The van der Waals surface area contributed by atoms with Crippen LogP contribution < -0.4 is 10.1 Å². The predicted molar refractivity (Wildman–Crippen MR) is 137 cm³/mol. The van der Waals surface area contributed by atoms with Crippen molar-refractivity contribution in [3.8, 4) is 5.75 Å². The SMILES string of the molecule is COc1ccc(CN2CCCn3c(C(=O)NCc4ccc(C)cc4)c4ccccc4c3C2=O)cc1. The smallest absolute Gasteiger partial charge is 0.271 e. The molecular weight excluding hydrogens is 438 g/mol. The summed E-state index contributed by atoms with van der Waals surface area (Å²) in [5.41, 5.74) is 4.41. The van der Waals surface area contributed by atoms with Crippen LogP contribution in [0, 0.1) is 6.92 Å². The van der Waals surface area contributed by atoms with Crippen molar-refractivity contribution in [1.82, 2.24) is 14.8 Å². The molecule has 2 amide bonds. The van der Waals surface area contributed by atoms with Crippen LogP contribution in [-0.2, 0) is 19.6 Å². The zero-order chi connectivity index (χ0) is 24.4. The molecule has 1 aromatic heterocycles. The minimum Gasteiger partial charge on any atom is -0.497 e. The van der Waals surface area contributed by atoms with Gasteiger partial charge in [-0.25, -0.2) is 0 Å². The number of benzene rings is 3. The maximum atomic E-state index is 13.8. The highest BCUT2D eigenvalue weighted by Gasteiger charge is 2.30. The molecule has 0 unspecified atom stereocenters. The molecule has 5 rings (SSSR count). The van der Waals surface area contributed by atoms with Gasteiger partial charge in [0.05, 0.1) is 7.11 Å². The van der Waals surface area contributed by atoms with Crippen molar-refractivity contribution in [2.24, 2.45) is 0 Å². The monoisotopic (exact) mass is 467 g/mol. The zero-order valence-electron chi connectivity index (χ0n) is 20.1. The lowest BCUT2D eigenvalue weighted by atomic mass is 10.1. The molecule has 6 heteroatoms. The van der Waals surface area contributed by atoms with Gasteiger partial charge in [0.25, 0.3) is 11.8 Å². The number of fused-ring (bicyclic) bond motifs is 3. The lowest BCUT2D eigenvalue weighted by Gasteiger charge is -2.20. The number of hydrogen-bond donors (Lipinski definition) is 1. The van der Waals surface area contributed by atoms with E-state index in [-0.39, 0.29) is 11.8 Å².